The Morgan fingerprint density at radius 2 is 2.03 bits per heavy atom. The van der Waals surface area contributed by atoms with E-state index in [0.717, 1.165) is 21.9 Å². The van der Waals surface area contributed by atoms with Crippen LogP contribution in [0.15, 0.2) is 40.1 Å². The topological polar surface area (TPSA) is 109 Å². The number of halogens is 1. The number of hydrogen-bond donors (Lipinski definition) is 1. The average molecular weight is 426 g/mol. The molecule has 11 heteroatoms. The molecule has 0 bridgehead atoms. The molecule has 1 aromatic carbocycles. The lowest BCUT2D eigenvalue weighted by Gasteiger charge is -2.29. The molecule has 0 spiro atoms. The molecule has 0 saturated carbocycles. The van der Waals surface area contributed by atoms with Crippen LogP contribution in [0.4, 0.5) is 4.39 Å². The number of hydrogen-bond acceptors (Lipinski definition) is 7. The van der Waals surface area contributed by atoms with Gasteiger partial charge in [0.15, 0.2) is 0 Å². The largest absolute Gasteiger partial charge is 0.475 e. The third-order valence-corrected chi connectivity index (χ3v) is 6.33. The first-order valence-corrected chi connectivity index (χ1v) is 10.6. The number of phosphoric ester groups is 1. The number of benzene rings is 1. The lowest BCUT2D eigenvalue weighted by molar-refractivity contribution is -0.0722. The third-order valence-electron chi connectivity index (χ3n) is 4.84. The van der Waals surface area contributed by atoms with Gasteiger partial charge in [0, 0.05) is 6.42 Å². The number of nitrogens with one attached hydrogen (secondary N) is 1. The van der Waals surface area contributed by atoms with Gasteiger partial charge in [-0.05, 0) is 18.9 Å². The first kappa shape index (κ1) is 20.2. The minimum absolute atomic E-state index is 0.0520. The predicted molar refractivity (Wildman–Crippen MR) is 99.1 cm³/mol. The van der Waals surface area contributed by atoms with Crippen molar-refractivity contribution in [2.75, 3.05) is 13.2 Å². The van der Waals surface area contributed by atoms with Crippen molar-refractivity contribution in [2.24, 2.45) is 0 Å². The summed E-state index contributed by atoms with van der Waals surface area (Å²) in [6.07, 6.45) is -0.681. The van der Waals surface area contributed by atoms with E-state index in [0.29, 0.717) is 6.42 Å². The van der Waals surface area contributed by atoms with Crippen LogP contribution in [-0.2, 0) is 29.3 Å². The van der Waals surface area contributed by atoms with Crippen molar-refractivity contribution in [2.45, 2.75) is 38.2 Å². The van der Waals surface area contributed by atoms with Crippen LogP contribution in [0, 0.1) is 12.7 Å². The summed E-state index contributed by atoms with van der Waals surface area (Å²) in [5.41, 5.74) is 0.261. The number of phosphoric acid groups is 1. The van der Waals surface area contributed by atoms with Gasteiger partial charge < -0.3 is 4.74 Å². The van der Waals surface area contributed by atoms with Crippen LogP contribution in [0.1, 0.15) is 23.8 Å². The molecule has 2 aromatic rings. The van der Waals surface area contributed by atoms with E-state index in [-0.39, 0.29) is 19.6 Å². The Morgan fingerprint density at radius 1 is 1.28 bits per heavy atom. The van der Waals surface area contributed by atoms with Gasteiger partial charge in [-0.3, -0.25) is 27.9 Å². The number of aromatic amines is 1. The van der Waals surface area contributed by atoms with Crippen LogP contribution < -0.4 is 11.2 Å². The van der Waals surface area contributed by atoms with E-state index in [1.165, 1.54) is 0 Å². The molecule has 0 radical (unpaired) electrons. The molecule has 1 aromatic heterocycles. The first-order chi connectivity index (χ1) is 13.8. The fourth-order valence-electron chi connectivity index (χ4n) is 3.27. The Balaban J connectivity index is 1.37. The van der Waals surface area contributed by atoms with E-state index in [2.05, 4.69) is 0 Å². The van der Waals surface area contributed by atoms with E-state index < -0.39 is 43.3 Å². The number of nitrogens with zero attached hydrogens (tertiary/aromatic N) is 1. The van der Waals surface area contributed by atoms with Crippen LogP contribution in [0.5, 0.6) is 0 Å². The van der Waals surface area contributed by atoms with Crippen molar-refractivity contribution in [3.63, 3.8) is 0 Å². The number of aryl methyl sites for hydroxylation is 1. The lowest BCUT2D eigenvalue weighted by atomic mass is 10.1. The van der Waals surface area contributed by atoms with E-state index in [4.69, 9.17) is 18.3 Å². The van der Waals surface area contributed by atoms with Gasteiger partial charge in [-0.2, -0.15) is 4.39 Å². The van der Waals surface area contributed by atoms with Crippen molar-refractivity contribution in [3.8, 4) is 0 Å². The second-order valence-corrected chi connectivity index (χ2v) is 8.59. The van der Waals surface area contributed by atoms with Crippen molar-refractivity contribution < 1.29 is 27.3 Å². The number of aromatic nitrogens is 2. The summed E-state index contributed by atoms with van der Waals surface area (Å²) >= 11 is 0. The predicted octanol–water partition coefficient (Wildman–Crippen LogP) is 2.05. The van der Waals surface area contributed by atoms with Gasteiger partial charge in [0.1, 0.15) is 18.4 Å². The summed E-state index contributed by atoms with van der Waals surface area (Å²) in [5, 5.41) is 0. The Labute approximate surface area is 165 Å². The fraction of sp³-hybridized carbons (Fsp3) is 0.444. The SMILES string of the molecule is Cc1ccc(CCOP2(=O)OC[C@H]3O[C@@H](n4cc(F)c(=O)[nH]c4=O)C[C@@H]3O2)cc1. The highest BCUT2D eigenvalue weighted by Gasteiger charge is 2.48. The molecule has 0 aliphatic carbocycles. The summed E-state index contributed by atoms with van der Waals surface area (Å²) in [4.78, 5) is 25.0. The lowest BCUT2D eigenvalue weighted by Crippen LogP contribution is -2.34. The maximum Gasteiger partial charge on any atom is 0.475 e. The Kier molecular flexibility index (Phi) is 5.54. The zero-order chi connectivity index (χ0) is 20.6. The van der Waals surface area contributed by atoms with E-state index in [1.807, 2.05) is 36.2 Å². The molecule has 2 saturated heterocycles. The smallest absolute Gasteiger partial charge is 0.349 e. The third kappa shape index (κ3) is 4.41. The molecule has 1 N–H and O–H groups in total. The summed E-state index contributed by atoms with van der Waals surface area (Å²) in [7, 11) is -3.78. The van der Waals surface area contributed by atoms with Crippen LogP contribution >= 0.6 is 7.82 Å². The van der Waals surface area contributed by atoms with E-state index in [1.54, 1.807) is 0 Å². The van der Waals surface area contributed by atoms with Gasteiger partial charge in [0.2, 0.25) is 5.82 Å². The highest BCUT2D eigenvalue weighted by atomic mass is 31.2. The summed E-state index contributed by atoms with van der Waals surface area (Å²) in [5.74, 6) is -1.11. The fourth-order valence-corrected chi connectivity index (χ4v) is 4.66. The van der Waals surface area contributed by atoms with Crippen LogP contribution in [0.2, 0.25) is 0 Å². The first-order valence-electron chi connectivity index (χ1n) is 9.12. The summed E-state index contributed by atoms with van der Waals surface area (Å²) in [6.45, 7) is 2.08. The molecule has 2 aliphatic rings. The Morgan fingerprint density at radius 3 is 2.79 bits per heavy atom. The van der Waals surface area contributed by atoms with Crippen LogP contribution in [0.25, 0.3) is 0 Å². The molecule has 3 heterocycles. The monoisotopic (exact) mass is 426 g/mol. The standard InChI is InChI=1S/C18H20FN2O7P/c1-11-2-4-12(5-3-11)6-7-25-29(24)26-10-15-14(28-29)8-16(27-15)21-9-13(19)17(22)20-18(21)23/h2-5,9,14-16H,6-8,10H2,1H3,(H,20,22,23)/t14-,15+,16+,29?/m0/s1. The van der Waals surface area contributed by atoms with Gasteiger partial charge >= 0.3 is 13.5 Å². The molecular weight excluding hydrogens is 406 g/mol. The zero-order valence-corrected chi connectivity index (χ0v) is 16.5. The second-order valence-electron chi connectivity index (χ2n) is 6.96. The molecule has 4 rings (SSSR count). The Bertz CT molecular complexity index is 1050. The number of fused-ring (bicyclic) bond motifs is 1. The molecule has 0 amide bonds. The average Bonchev–Trinajstić information content (AvgIpc) is 3.08. The maximum atomic E-state index is 13.5. The van der Waals surface area contributed by atoms with Gasteiger partial charge in [0.05, 0.1) is 19.4 Å². The maximum absolute atomic E-state index is 13.5. The second kappa shape index (κ2) is 7.97. The van der Waals surface area contributed by atoms with Crippen molar-refractivity contribution in [1.29, 1.82) is 0 Å². The van der Waals surface area contributed by atoms with Crippen molar-refractivity contribution >= 4 is 7.82 Å². The van der Waals surface area contributed by atoms with Crippen LogP contribution in [-0.4, -0.2) is 35.0 Å². The van der Waals surface area contributed by atoms with Gasteiger partial charge in [-0.1, -0.05) is 29.8 Å². The minimum atomic E-state index is -3.78. The number of rotatable bonds is 5. The van der Waals surface area contributed by atoms with Gasteiger partial charge in [-0.15, -0.1) is 0 Å². The van der Waals surface area contributed by atoms with Crippen molar-refractivity contribution in [3.05, 3.63) is 68.2 Å². The molecular formula is C18H20FN2O7P. The van der Waals surface area contributed by atoms with Crippen LogP contribution in [0.3, 0.4) is 0 Å². The van der Waals surface area contributed by atoms with Gasteiger partial charge in [-0.25, -0.2) is 9.36 Å². The zero-order valence-electron chi connectivity index (χ0n) is 15.6. The molecule has 2 fully saturated rings. The van der Waals surface area contributed by atoms with Crippen molar-refractivity contribution in [1.82, 2.24) is 9.55 Å². The summed E-state index contributed by atoms with van der Waals surface area (Å²) in [6, 6.07) is 7.88. The highest BCUT2D eigenvalue weighted by Crippen LogP contribution is 2.56. The molecule has 2 aliphatic heterocycles. The van der Waals surface area contributed by atoms with Gasteiger partial charge in [0.25, 0.3) is 5.56 Å². The van der Waals surface area contributed by atoms with E-state index >= 15 is 0 Å². The normalized spacial score (nSPS) is 29.0. The molecule has 1 unspecified atom stereocenters. The number of ether oxygens (including phenoxy) is 1. The summed E-state index contributed by atoms with van der Waals surface area (Å²) < 4.78 is 49.0. The minimum Gasteiger partial charge on any atom is -0.349 e. The molecule has 156 valence electrons. The number of H-pyrrole nitrogens is 1. The molecule has 9 nitrogen and oxygen atoms in total. The van der Waals surface area contributed by atoms with E-state index in [9.17, 15) is 18.5 Å². The molecule has 4 atom stereocenters. The molecule has 29 heavy (non-hydrogen) atoms. The quantitative estimate of drug-likeness (QED) is 0.729. The highest BCUT2D eigenvalue weighted by molar-refractivity contribution is 7.48. The Hall–Kier alpha value is -2.10.